The van der Waals surface area contributed by atoms with Crippen molar-refractivity contribution in [2.45, 2.75) is 18.4 Å². The number of amides is 2. The van der Waals surface area contributed by atoms with E-state index < -0.39 is 43.5 Å². The molecule has 28 heavy (non-hydrogen) atoms. The highest BCUT2D eigenvalue weighted by molar-refractivity contribution is 14.1. The molecule has 1 aromatic rings. The number of carbonyl (C=O) groups excluding carboxylic acids is 2. The molecular formula is C15H20I3N3O7. The van der Waals surface area contributed by atoms with Crippen LogP contribution in [0.25, 0.3) is 0 Å². The maximum atomic E-state index is 12.9. The number of carbonyl (C=O) groups is 2. The quantitative estimate of drug-likeness (QED) is 0.100. The van der Waals surface area contributed by atoms with Crippen LogP contribution < -0.4 is 11.1 Å². The number of nitrogens with zero attached hydrogens (tertiary/aromatic N) is 1. The average molecular weight is 735 g/mol. The van der Waals surface area contributed by atoms with Crippen LogP contribution >= 0.6 is 67.8 Å². The van der Waals surface area contributed by atoms with E-state index in [0.29, 0.717) is 7.14 Å². The molecule has 1 rings (SSSR count). The zero-order valence-electron chi connectivity index (χ0n) is 14.6. The predicted octanol–water partition coefficient (Wildman–Crippen LogP) is -1.09. The minimum atomic E-state index is -1.67. The fourth-order valence-corrected chi connectivity index (χ4v) is 6.20. The highest BCUT2D eigenvalue weighted by atomic mass is 127. The number of anilines is 1. The summed E-state index contributed by atoms with van der Waals surface area (Å²) >= 11 is 5.53. The molecule has 0 aliphatic rings. The molecule has 0 heterocycles. The fourth-order valence-electron chi connectivity index (χ4n) is 2.08. The molecule has 0 bridgehead atoms. The first-order valence-electron chi connectivity index (χ1n) is 7.76. The Bertz CT molecular complexity index is 750. The van der Waals surface area contributed by atoms with E-state index in [0.717, 1.165) is 4.90 Å². The summed E-state index contributed by atoms with van der Waals surface area (Å²) in [6.07, 6.45) is -4.36. The van der Waals surface area contributed by atoms with E-state index in [1.807, 2.05) is 67.8 Å². The van der Waals surface area contributed by atoms with Crippen molar-refractivity contribution in [1.29, 1.82) is 0 Å². The van der Waals surface area contributed by atoms with Crippen LogP contribution in [0.2, 0.25) is 0 Å². The van der Waals surface area contributed by atoms with Gasteiger partial charge in [0.15, 0.2) is 6.23 Å². The molecule has 3 unspecified atom stereocenters. The van der Waals surface area contributed by atoms with Crippen molar-refractivity contribution < 1.29 is 35.1 Å². The third-order valence-electron chi connectivity index (χ3n) is 3.75. The van der Waals surface area contributed by atoms with Gasteiger partial charge in [0, 0.05) is 17.2 Å². The number of benzene rings is 1. The number of nitrogens with two attached hydrogens (primary N) is 1. The predicted molar refractivity (Wildman–Crippen MR) is 126 cm³/mol. The summed E-state index contributed by atoms with van der Waals surface area (Å²) in [5.41, 5.74) is 6.41. The summed E-state index contributed by atoms with van der Waals surface area (Å²) in [6.45, 7) is -1.47. The number of nitrogens with one attached hydrogen (secondary N) is 1. The van der Waals surface area contributed by atoms with Gasteiger partial charge in [-0.25, -0.2) is 0 Å². The number of nitrogen functional groups attached to an aromatic ring is 1. The van der Waals surface area contributed by atoms with E-state index >= 15 is 0 Å². The maximum Gasteiger partial charge on any atom is 0.257 e. The van der Waals surface area contributed by atoms with Gasteiger partial charge >= 0.3 is 0 Å². The molecule has 1 aromatic carbocycles. The van der Waals surface area contributed by atoms with E-state index in [1.54, 1.807) is 0 Å². The van der Waals surface area contributed by atoms with Crippen LogP contribution in [0, 0.1) is 10.7 Å². The Balaban J connectivity index is 3.40. The SMILES string of the molecule is CN(C(=O)c1c(I)c(N)c(I)c(C(=O)NCC(O)CO)c1I)C(O)C(O)CO. The lowest BCUT2D eigenvalue weighted by molar-refractivity contribution is -0.0769. The Morgan fingerprint density at radius 1 is 1.04 bits per heavy atom. The summed E-state index contributed by atoms with van der Waals surface area (Å²) in [7, 11) is 1.24. The van der Waals surface area contributed by atoms with Crippen LogP contribution in [0.5, 0.6) is 0 Å². The summed E-state index contributed by atoms with van der Waals surface area (Å²) in [4.78, 5) is 26.3. The number of rotatable bonds is 8. The minimum absolute atomic E-state index is 0.0543. The second-order valence-electron chi connectivity index (χ2n) is 5.73. The molecule has 0 saturated heterocycles. The number of aliphatic hydroxyl groups excluding tert-OH is 5. The van der Waals surface area contributed by atoms with Gasteiger partial charge in [-0.2, -0.15) is 0 Å². The van der Waals surface area contributed by atoms with Crippen molar-refractivity contribution in [3.63, 3.8) is 0 Å². The first-order valence-corrected chi connectivity index (χ1v) is 11.0. The van der Waals surface area contributed by atoms with E-state index in [9.17, 15) is 24.9 Å². The lowest BCUT2D eigenvalue weighted by atomic mass is 10.1. The molecule has 10 nitrogen and oxygen atoms in total. The van der Waals surface area contributed by atoms with Gasteiger partial charge in [-0.15, -0.1) is 0 Å². The van der Waals surface area contributed by atoms with Crippen molar-refractivity contribution in [1.82, 2.24) is 10.2 Å². The Morgan fingerprint density at radius 2 is 1.57 bits per heavy atom. The summed E-state index contributed by atoms with van der Waals surface area (Å²) in [6, 6.07) is 0. The third-order valence-corrected chi connectivity index (χ3v) is 7.07. The largest absolute Gasteiger partial charge is 0.397 e. The van der Waals surface area contributed by atoms with Crippen LogP contribution in [0.4, 0.5) is 5.69 Å². The number of halogens is 3. The zero-order valence-corrected chi connectivity index (χ0v) is 21.0. The Hall–Kier alpha value is -0.0500. The highest BCUT2D eigenvalue weighted by Gasteiger charge is 2.32. The van der Waals surface area contributed by atoms with Gasteiger partial charge in [-0.05, 0) is 67.8 Å². The van der Waals surface area contributed by atoms with E-state index in [1.165, 1.54) is 7.05 Å². The van der Waals surface area contributed by atoms with E-state index in [-0.39, 0.29) is 26.9 Å². The smallest absolute Gasteiger partial charge is 0.257 e. The standard InChI is InChI=1S/C15H20I3N3O7/c1-21(14(27)6(25)4-23)15(28)8-9(16)7(10(17)12(19)11(8)18)13(26)20-2-5(24)3-22/h5-6,14,22-25,27H,2-4,19H2,1H3,(H,20,26). The van der Waals surface area contributed by atoms with Gasteiger partial charge in [0.2, 0.25) is 0 Å². The molecule has 0 aliphatic carbocycles. The van der Waals surface area contributed by atoms with Crippen molar-refractivity contribution in [2.75, 3.05) is 32.5 Å². The van der Waals surface area contributed by atoms with Gasteiger partial charge in [0.25, 0.3) is 11.8 Å². The molecule has 0 radical (unpaired) electrons. The van der Waals surface area contributed by atoms with Crippen molar-refractivity contribution >= 4 is 85.3 Å². The normalized spacial score (nSPS) is 14.3. The second kappa shape index (κ2) is 11.4. The average Bonchev–Trinajstić information content (AvgIpc) is 2.68. The van der Waals surface area contributed by atoms with Crippen LogP contribution in [0.1, 0.15) is 20.7 Å². The van der Waals surface area contributed by atoms with E-state index in [4.69, 9.17) is 15.9 Å². The third kappa shape index (κ3) is 5.76. The Morgan fingerprint density at radius 3 is 2.07 bits per heavy atom. The van der Waals surface area contributed by atoms with Gasteiger partial charge in [-0.1, -0.05) is 0 Å². The van der Waals surface area contributed by atoms with Gasteiger partial charge in [0.1, 0.15) is 6.10 Å². The first kappa shape index (κ1) is 26.0. The minimum Gasteiger partial charge on any atom is -0.397 e. The first-order chi connectivity index (χ1) is 13.0. The summed E-state index contributed by atoms with van der Waals surface area (Å²) in [5, 5.41) is 49.3. The molecule has 8 N–H and O–H groups in total. The molecule has 158 valence electrons. The molecule has 0 aliphatic heterocycles. The van der Waals surface area contributed by atoms with Crippen LogP contribution in [-0.4, -0.2) is 87.5 Å². The zero-order chi connectivity index (χ0) is 21.8. The molecule has 0 saturated carbocycles. The van der Waals surface area contributed by atoms with Gasteiger partial charge in [-0.3, -0.25) is 9.59 Å². The number of hydrogen-bond donors (Lipinski definition) is 7. The van der Waals surface area contributed by atoms with E-state index in [2.05, 4.69) is 5.32 Å². The Kier molecular flexibility index (Phi) is 10.6. The molecular weight excluding hydrogens is 715 g/mol. The molecule has 0 spiro atoms. The van der Waals surface area contributed by atoms with Crippen molar-refractivity contribution in [2.24, 2.45) is 0 Å². The number of hydrogen-bond acceptors (Lipinski definition) is 8. The topological polar surface area (TPSA) is 177 Å². The lowest BCUT2D eigenvalue weighted by Gasteiger charge is -2.28. The maximum absolute atomic E-state index is 12.9. The van der Waals surface area contributed by atoms with Gasteiger partial charge < -0.3 is 41.5 Å². The fraction of sp³-hybridized carbons (Fsp3) is 0.467. The highest BCUT2D eigenvalue weighted by Crippen LogP contribution is 2.34. The molecule has 0 aromatic heterocycles. The van der Waals surface area contributed by atoms with Crippen LogP contribution in [0.3, 0.4) is 0 Å². The van der Waals surface area contributed by atoms with Gasteiger partial charge in [0.05, 0.1) is 43.3 Å². The molecule has 0 fully saturated rings. The Labute approximate surface area is 201 Å². The lowest BCUT2D eigenvalue weighted by Crippen LogP contribution is -2.46. The van der Waals surface area contributed by atoms with Crippen molar-refractivity contribution in [3.05, 3.63) is 21.8 Å². The molecule has 3 atom stereocenters. The van der Waals surface area contributed by atoms with Crippen molar-refractivity contribution in [3.8, 4) is 0 Å². The summed E-state index contributed by atoms with van der Waals surface area (Å²) < 4.78 is 1.03. The van der Waals surface area contributed by atoms with Crippen LogP contribution in [-0.2, 0) is 0 Å². The number of aliphatic hydroxyl groups is 5. The second-order valence-corrected chi connectivity index (χ2v) is 8.97. The monoisotopic (exact) mass is 735 g/mol. The summed E-state index contributed by atoms with van der Waals surface area (Å²) in [5.74, 6) is -1.31. The molecule has 13 heteroatoms. The van der Waals surface area contributed by atoms with Crippen LogP contribution in [0.15, 0.2) is 0 Å². The number of likely N-dealkylation sites (N-methyl/N-ethyl adjacent to an activating group) is 1. The molecule has 2 amide bonds.